The van der Waals surface area contributed by atoms with E-state index in [0.29, 0.717) is 6.04 Å². The Morgan fingerprint density at radius 1 is 1.12 bits per heavy atom. The fourth-order valence-corrected chi connectivity index (χ4v) is 4.06. The van der Waals surface area contributed by atoms with Gasteiger partial charge in [-0.1, -0.05) is 55.3 Å². The minimum absolute atomic E-state index is 0.438. The monoisotopic (exact) mass is 366 g/mol. The van der Waals surface area contributed by atoms with Crippen LogP contribution in [0.3, 0.4) is 0 Å². The van der Waals surface area contributed by atoms with Gasteiger partial charge in [-0.3, -0.25) is 0 Å². The van der Waals surface area contributed by atoms with Crippen molar-refractivity contribution < 1.29 is 0 Å². The van der Waals surface area contributed by atoms with Gasteiger partial charge in [-0.25, -0.2) is 4.99 Å². The maximum atomic E-state index is 6.64. The molecule has 0 amide bonds. The van der Waals surface area contributed by atoms with Gasteiger partial charge in [-0.15, -0.1) is 0 Å². The molecule has 1 saturated carbocycles. The second-order valence-corrected chi connectivity index (χ2v) is 7.59. The van der Waals surface area contributed by atoms with Gasteiger partial charge in [0.15, 0.2) is 0 Å². The number of hydrogen-bond donors (Lipinski definition) is 0. The Bertz CT molecular complexity index is 812. The van der Waals surface area contributed by atoms with E-state index in [1.165, 1.54) is 36.8 Å². The highest BCUT2D eigenvalue weighted by Gasteiger charge is 2.26. The Morgan fingerprint density at radius 3 is 2.35 bits per heavy atom. The molecule has 136 valence electrons. The minimum Gasteiger partial charge on any atom is -0.330 e. The SMILES string of the molecule is C=CN(/C(=N\c1c(C)cccc1C)c1ccc(C)cc1Cl)C1CCCC1. The molecule has 0 atom stereocenters. The van der Waals surface area contributed by atoms with E-state index in [1.807, 2.05) is 12.3 Å². The van der Waals surface area contributed by atoms with Crippen molar-refractivity contribution in [3.63, 3.8) is 0 Å². The van der Waals surface area contributed by atoms with Gasteiger partial charge in [0.2, 0.25) is 0 Å². The Balaban J connectivity index is 2.18. The molecule has 1 aliphatic rings. The van der Waals surface area contributed by atoms with Crippen LogP contribution < -0.4 is 0 Å². The summed E-state index contributed by atoms with van der Waals surface area (Å²) < 4.78 is 0. The van der Waals surface area contributed by atoms with E-state index in [-0.39, 0.29) is 0 Å². The van der Waals surface area contributed by atoms with E-state index in [1.54, 1.807) is 0 Å². The van der Waals surface area contributed by atoms with Crippen LogP contribution >= 0.6 is 11.6 Å². The fraction of sp³-hybridized carbons (Fsp3) is 0.348. The lowest BCUT2D eigenvalue weighted by molar-refractivity contribution is 0.409. The third-order valence-electron chi connectivity index (χ3n) is 5.18. The van der Waals surface area contributed by atoms with Crippen molar-refractivity contribution >= 4 is 23.1 Å². The summed E-state index contributed by atoms with van der Waals surface area (Å²) in [6, 6.07) is 12.9. The third-order valence-corrected chi connectivity index (χ3v) is 5.49. The lowest BCUT2D eigenvalue weighted by atomic mass is 10.1. The number of aliphatic imine (C=N–C) groups is 1. The van der Waals surface area contributed by atoms with Crippen molar-refractivity contribution in [2.45, 2.75) is 52.5 Å². The molecule has 0 heterocycles. The Labute approximate surface area is 162 Å². The van der Waals surface area contributed by atoms with Crippen molar-refractivity contribution in [3.8, 4) is 0 Å². The quantitative estimate of drug-likeness (QED) is 0.432. The highest BCUT2D eigenvalue weighted by molar-refractivity contribution is 6.34. The van der Waals surface area contributed by atoms with Crippen molar-refractivity contribution in [2.75, 3.05) is 0 Å². The zero-order chi connectivity index (χ0) is 18.7. The van der Waals surface area contributed by atoms with Crippen molar-refractivity contribution in [2.24, 2.45) is 4.99 Å². The van der Waals surface area contributed by atoms with Gasteiger partial charge >= 0.3 is 0 Å². The lowest BCUT2D eigenvalue weighted by Gasteiger charge is -2.29. The molecule has 1 fully saturated rings. The molecule has 0 spiro atoms. The molecule has 0 unspecified atom stereocenters. The number of nitrogens with zero attached hydrogens (tertiary/aromatic N) is 2. The second-order valence-electron chi connectivity index (χ2n) is 7.19. The van der Waals surface area contributed by atoms with Gasteiger partial charge in [0.05, 0.1) is 10.7 Å². The number of rotatable bonds is 4. The van der Waals surface area contributed by atoms with Gasteiger partial charge in [0, 0.05) is 11.6 Å². The Hall–Kier alpha value is -2.06. The van der Waals surface area contributed by atoms with Gasteiger partial charge < -0.3 is 4.90 Å². The molecule has 0 saturated heterocycles. The van der Waals surface area contributed by atoms with Crippen molar-refractivity contribution in [3.05, 3.63) is 76.5 Å². The predicted octanol–water partition coefficient (Wildman–Crippen LogP) is 6.73. The Morgan fingerprint density at radius 2 is 1.77 bits per heavy atom. The van der Waals surface area contributed by atoms with E-state index < -0.39 is 0 Å². The molecule has 2 aromatic rings. The molecule has 0 bridgehead atoms. The summed E-state index contributed by atoms with van der Waals surface area (Å²) in [6.07, 6.45) is 6.77. The maximum absolute atomic E-state index is 6.64. The average molecular weight is 367 g/mol. The molecule has 0 N–H and O–H groups in total. The number of hydrogen-bond acceptors (Lipinski definition) is 1. The number of para-hydroxylation sites is 1. The first-order valence-corrected chi connectivity index (χ1v) is 9.71. The normalized spacial score (nSPS) is 15.3. The van der Waals surface area contributed by atoms with Crippen molar-refractivity contribution in [1.82, 2.24) is 4.90 Å². The van der Waals surface area contributed by atoms with Crippen LogP contribution in [0.5, 0.6) is 0 Å². The van der Waals surface area contributed by atoms with E-state index in [9.17, 15) is 0 Å². The highest BCUT2D eigenvalue weighted by Crippen LogP contribution is 2.31. The van der Waals surface area contributed by atoms with Crippen LogP contribution in [-0.2, 0) is 0 Å². The molecule has 2 aromatic carbocycles. The van der Waals surface area contributed by atoms with Gasteiger partial charge in [0.1, 0.15) is 5.84 Å². The first kappa shape index (κ1) is 18.7. The summed E-state index contributed by atoms with van der Waals surface area (Å²) in [4.78, 5) is 7.35. The highest BCUT2D eigenvalue weighted by atomic mass is 35.5. The van der Waals surface area contributed by atoms with Crippen LogP contribution in [0, 0.1) is 20.8 Å². The largest absolute Gasteiger partial charge is 0.330 e. The molecule has 3 rings (SSSR count). The summed E-state index contributed by atoms with van der Waals surface area (Å²) in [7, 11) is 0. The van der Waals surface area contributed by atoms with Crippen LogP contribution in [-0.4, -0.2) is 16.8 Å². The third kappa shape index (κ3) is 3.86. The summed E-state index contributed by atoms with van der Waals surface area (Å²) in [5.74, 6) is 0.898. The van der Waals surface area contributed by atoms with Gasteiger partial charge in [0.25, 0.3) is 0 Å². The van der Waals surface area contributed by atoms with Crippen LogP contribution in [0.4, 0.5) is 5.69 Å². The first-order valence-electron chi connectivity index (χ1n) is 9.33. The van der Waals surface area contributed by atoms with Crippen LogP contribution in [0.1, 0.15) is 47.9 Å². The van der Waals surface area contributed by atoms with Gasteiger partial charge in [-0.2, -0.15) is 0 Å². The van der Waals surface area contributed by atoms with E-state index in [4.69, 9.17) is 16.6 Å². The molecule has 0 aliphatic heterocycles. The molecule has 26 heavy (non-hydrogen) atoms. The molecule has 1 aliphatic carbocycles. The van der Waals surface area contributed by atoms with Crippen molar-refractivity contribution in [1.29, 1.82) is 0 Å². The van der Waals surface area contributed by atoms with Gasteiger partial charge in [-0.05, 0) is 68.6 Å². The second kappa shape index (κ2) is 8.09. The number of amidine groups is 1. The molecular weight excluding hydrogens is 340 g/mol. The molecular formula is C23H27ClN2. The summed E-state index contributed by atoms with van der Waals surface area (Å²) in [5, 5.41) is 0.736. The molecule has 3 heteroatoms. The van der Waals surface area contributed by atoms with Crippen LogP contribution in [0.15, 0.2) is 54.2 Å². The van der Waals surface area contributed by atoms with Crippen LogP contribution in [0.2, 0.25) is 5.02 Å². The molecule has 2 nitrogen and oxygen atoms in total. The average Bonchev–Trinajstić information content (AvgIpc) is 3.12. The molecule has 0 aromatic heterocycles. The van der Waals surface area contributed by atoms with Crippen LogP contribution in [0.25, 0.3) is 0 Å². The predicted molar refractivity (Wildman–Crippen MR) is 113 cm³/mol. The maximum Gasteiger partial charge on any atom is 0.142 e. The molecule has 0 radical (unpaired) electrons. The van der Waals surface area contributed by atoms with E-state index in [2.05, 4.69) is 62.6 Å². The summed E-state index contributed by atoms with van der Waals surface area (Å²) >= 11 is 6.64. The zero-order valence-corrected chi connectivity index (χ0v) is 16.7. The fourth-order valence-electron chi connectivity index (χ4n) is 3.74. The Kier molecular flexibility index (Phi) is 5.83. The number of halogens is 1. The first-order chi connectivity index (χ1) is 12.5. The minimum atomic E-state index is 0.438. The number of aryl methyl sites for hydroxylation is 3. The topological polar surface area (TPSA) is 15.6 Å². The standard InChI is InChI=1S/C23H27ClN2/c1-5-26(19-11-6-7-12-19)23(20-14-13-16(2)15-21(20)24)25-22-17(3)9-8-10-18(22)4/h5,8-10,13-15,19H,1,6-7,11-12H2,2-4H3/b25-23-. The van der Waals surface area contributed by atoms with E-state index >= 15 is 0 Å². The smallest absolute Gasteiger partial charge is 0.142 e. The van der Waals surface area contributed by atoms with E-state index in [0.717, 1.165) is 27.7 Å². The number of benzene rings is 2. The summed E-state index contributed by atoms with van der Waals surface area (Å²) in [6.45, 7) is 10.4. The lowest BCUT2D eigenvalue weighted by Crippen LogP contribution is -2.35. The summed E-state index contributed by atoms with van der Waals surface area (Å²) in [5.41, 5.74) is 5.47. The zero-order valence-electron chi connectivity index (χ0n) is 15.9.